The molecule has 184 valence electrons. The van der Waals surface area contributed by atoms with Gasteiger partial charge in [-0.3, -0.25) is 0 Å². The molecule has 0 aliphatic carbocycles. The molecule has 2 saturated heterocycles. The molecule has 3 aromatic carbocycles. The van der Waals surface area contributed by atoms with Crippen LogP contribution in [-0.2, 0) is 24.5 Å². The quantitative estimate of drug-likeness (QED) is 0.463. The second-order valence-electron chi connectivity index (χ2n) is 9.99. The Kier molecular flexibility index (Phi) is 6.55. The average molecular weight is 475 g/mol. The lowest BCUT2D eigenvalue weighted by Gasteiger charge is -2.37. The highest BCUT2D eigenvalue weighted by atomic mass is 16.8. The van der Waals surface area contributed by atoms with Crippen molar-refractivity contribution < 1.29 is 24.1 Å². The number of hydrogen-bond acceptors (Lipinski definition) is 5. The Hall–Kier alpha value is -2.54. The first-order valence-corrected chi connectivity index (χ1v) is 12.3. The van der Waals surface area contributed by atoms with Gasteiger partial charge in [0.15, 0.2) is 5.79 Å². The number of aliphatic hydroxyl groups excluding tert-OH is 1. The van der Waals surface area contributed by atoms with E-state index in [9.17, 15) is 5.11 Å². The van der Waals surface area contributed by atoms with Crippen LogP contribution in [0.2, 0.25) is 0 Å². The van der Waals surface area contributed by atoms with Crippen LogP contribution in [0.15, 0.2) is 91.0 Å². The summed E-state index contributed by atoms with van der Waals surface area (Å²) in [5.41, 5.74) is 1.61. The highest BCUT2D eigenvalue weighted by Crippen LogP contribution is 2.48. The number of ether oxygens (including phenoxy) is 4. The van der Waals surface area contributed by atoms with Gasteiger partial charge in [0.05, 0.1) is 12.7 Å². The number of aliphatic hydroxyl groups is 1. The van der Waals surface area contributed by atoms with E-state index in [4.69, 9.17) is 18.9 Å². The number of benzene rings is 3. The molecule has 3 aromatic rings. The van der Waals surface area contributed by atoms with Crippen LogP contribution < -0.4 is 0 Å². The van der Waals surface area contributed by atoms with Crippen LogP contribution in [0.1, 0.15) is 43.9 Å². The number of hydrogen-bond donors (Lipinski definition) is 1. The van der Waals surface area contributed by atoms with Crippen molar-refractivity contribution in [3.05, 3.63) is 108 Å². The summed E-state index contributed by atoms with van der Waals surface area (Å²) in [4.78, 5) is 0. The third-order valence-corrected chi connectivity index (χ3v) is 7.15. The highest BCUT2D eigenvalue weighted by molar-refractivity contribution is 5.47. The van der Waals surface area contributed by atoms with Gasteiger partial charge in [-0.2, -0.15) is 0 Å². The van der Waals surface area contributed by atoms with E-state index >= 15 is 0 Å². The van der Waals surface area contributed by atoms with Crippen LogP contribution in [0.3, 0.4) is 0 Å². The molecule has 0 radical (unpaired) electrons. The van der Waals surface area contributed by atoms with Gasteiger partial charge >= 0.3 is 0 Å². The molecule has 2 fully saturated rings. The van der Waals surface area contributed by atoms with Crippen LogP contribution in [0.25, 0.3) is 0 Å². The summed E-state index contributed by atoms with van der Waals surface area (Å²) in [5, 5.41) is 9.68. The molecule has 5 heteroatoms. The zero-order chi connectivity index (χ0) is 24.5. The lowest BCUT2D eigenvalue weighted by Crippen LogP contribution is -2.45. The van der Waals surface area contributed by atoms with Gasteiger partial charge in [-0.1, -0.05) is 91.0 Å². The van der Waals surface area contributed by atoms with Crippen molar-refractivity contribution in [2.24, 2.45) is 0 Å². The maximum Gasteiger partial charge on any atom is 0.164 e. The van der Waals surface area contributed by atoms with Crippen molar-refractivity contribution in [2.75, 3.05) is 13.2 Å². The van der Waals surface area contributed by atoms with Crippen molar-refractivity contribution in [3.63, 3.8) is 0 Å². The molecule has 1 N–H and O–H groups in total. The van der Waals surface area contributed by atoms with Gasteiger partial charge in [0.25, 0.3) is 0 Å². The molecular formula is C30H34O5. The predicted molar refractivity (Wildman–Crippen MR) is 134 cm³/mol. The van der Waals surface area contributed by atoms with E-state index in [0.717, 1.165) is 16.7 Å². The third kappa shape index (κ3) is 4.32. The van der Waals surface area contributed by atoms with E-state index in [1.54, 1.807) is 0 Å². The average Bonchev–Trinajstić information content (AvgIpc) is 3.27. The van der Waals surface area contributed by atoms with E-state index in [-0.39, 0.29) is 24.9 Å². The first-order valence-electron chi connectivity index (χ1n) is 12.3. The molecule has 4 atom stereocenters. The van der Waals surface area contributed by atoms with Crippen LogP contribution in [-0.4, -0.2) is 48.0 Å². The summed E-state index contributed by atoms with van der Waals surface area (Å²) in [6.07, 6.45) is -0.472. The summed E-state index contributed by atoms with van der Waals surface area (Å²) in [5.74, 6) is -0.732. The summed E-state index contributed by atoms with van der Waals surface area (Å²) >= 11 is 0. The SMILES string of the molecule is CC1(C)O[C@@H]2[C@@H](COC(c3ccccc3)(c3ccccc3)c3ccccc3)OC(CCO)[C@]2(C)O1. The van der Waals surface area contributed by atoms with E-state index in [1.165, 1.54) is 0 Å². The number of rotatable bonds is 8. The molecule has 2 aliphatic heterocycles. The van der Waals surface area contributed by atoms with Gasteiger partial charge in [-0.25, -0.2) is 0 Å². The van der Waals surface area contributed by atoms with Gasteiger partial charge in [-0.05, 0) is 43.9 Å². The Morgan fingerprint density at radius 1 is 0.800 bits per heavy atom. The van der Waals surface area contributed by atoms with Crippen LogP contribution in [0.5, 0.6) is 0 Å². The molecule has 5 rings (SSSR count). The lowest BCUT2D eigenvalue weighted by molar-refractivity contribution is -0.210. The van der Waals surface area contributed by atoms with Crippen LogP contribution in [0, 0.1) is 0 Å². The molecule has 0 aromatic heterocycles. The maximum absolute atomic E-state index is 9.68. The minimum absolute atomic E-state index is 0.0202. The zero-order valence-electron chi connectivity index (χ0n) is 20.6. The van der Waals surface area contributed by atoms with E-state index in [1.807, 2.05) is 75.4 Å². The van der Waals surface area contributed by atoms with Crippen molar-refractivity contribution in [3.8, 4) is 0 Å². The first kappa shape index (κ1) is 24.2. The fourth-order valence-corrected chi connectivity index (χ4v) is 5.72. The minimum Gasteiger partial charge on any atom is -0.396 e. The fourth-order valence-electron chi connectivity index (χ4n) is 5.72. The van der Waals surface area contributed by atoms with Crippen molar-refractivity contribution in [1.82, 2.24) is 0 Å². The third-order valence-electron chi connectivity index (χ3n) is 7.15. The molecular weight excluding hydrogens is 440 g/mol. The second-order valence-corrected chi connectivity index (χ2v) is 9.99. The normalized spacial score (nSPS) is 27.6. The Bertz CT molecular complexity index is 1000. The highest BCUT2D eigenvalue weighted by Gasteiger charge is 2.63. The van der Waals surface area contributed by atoms with Gasteiger partial charge in [0.2, 0.25) is 0 Å². The minimum atomic E-state index is -0.840. The van der Waals surface area contributed by atoms with E-state index in [0.29, 0.717) is 13.0 Å². The van der Waals surface area contributed by atoms with Crippen molar-refractivity contribution in [1.29, 1.82) is 0 Å². The molecule has 35 heavy (non-hydrogen) atoms. The molecule has 0 amide bonds. The topological polar surface area (TPSA) is 57.2 Å². The fraction of sp³-hybridized carbons (Fsp3) is 0.400. The standard InChI is InChI=1S/C30H34O5/c1-28(2)34-27-25(33-26(19-20-31)29(27,3)35-28)21-32-30(22-13-7-4-8-14-22,23-15-9-5-10-16-23)24-17-11-6-12-18-24/h4-18,25-27,31H,19-21H2,1-3H3/t25-,26?,27-,29+/m1/s1. The first-order chi connectivity index (χ1) is 16.9. The lowest BCUT2D eigenvalue weighted by atomic mass is 9.80. The molecule has 1 unspecified atom stereocenters. The molecule has 2 heterocycles. The van der Waals surface area contributed by atoms with Crippen molar-refractivity contribution >= 4 is 0 Å². The predicted octanol–water partition coefficient (Wildman–Crippen LogP) is 5.06. The second kappa shape index (κ2) is 9.49. The van der Waals surface area contributed by atoms with Crippen LogP contribution in [0.4, 0.5) is 0 Å². The summed E-state index contributed by atoms with van der Waals surface area (Å²) in [6, 6.07) is 30.9. The summed E-state index contributed by atoms with van der Waals surface area (Å²) in [7, 11) is 0. The van der Waals surface area contributed by atoms with Gasteiger partial charge in [-0.15, -0.1) is 0 Å². The van der Waals surface area contributed by atoms with Crippen molar-refractivity contribution in [2.45, 2.75) is 62.5 Å². The Labute approximate surface area is 207 Å². The molecule has 5 nitrogen and oxygen atoms in total. The molecule has 2 aliphatic rings. The summed E-state index contributed by atoms with van der Waals surface area (Å²) in [6.45, 7) is 6.18. The Morgan fingerprint density at radius 3 is 1.74 bits per heavy atom. The van der Waals surface area contributed by atoms with Gasteiger partial charge < -0.3 is 24.1 Å². The Balaban J connectivity index is 1.55. The van der Waals surface area contributed by atoms with E-state index in [2.05, 4.69) is 36.4 Å². The largest absolute Gasteiger partial charge is 0.396 e. The van der Waals surface area contributed by atoms with Gasteiger partial charge in [0, 0.05) is 6.61 Å². The molecule has 0 spiro atoms. The number of fused-ring (bicyclic) bond motifs is 1. The van der Waals surface area contributed by atoms with E-state index < -0.39 is 17.0 Å². The monoisotopic (exact) mass is 474 g/mol. The maximum atomic E-state index is 9.68. The molecule has 0 bridgehead atoms. The Morgan fingerprint density at radius 2 is 1.29 bits per heavy atom. The summed E-state index contributed by atoms with van der Waals surface area (Å²) < 4.78 is 26.1. The van der Waals surface area contributed by atoms with Crippen LogP contribution >= 0.6 is 0 Å². The molecule has 0 saturated carbocycles. The van der Waals surface area contributed by atoms with Gasteiger partial charge in [0.1, 0.15) is 23.4 Å². The zero-order valence-corrected chi connectivity index (χ0v) is 20.6. The smallest absolute Gasteiger partial charge is 0.164 e.